The number of carbonyl (C=O) groups excluding carboxylic acids is 2. The molecule has 2 atom stereocenters. The van der Waals surface area contributed by atoms with Crippen LogP contribution in [0, 0.1) is 25.7 Å². The Labute approximate surface area is 146 Å². The van der Waals surface area contributed by atoms with E-state index in [1.54, 1.807) is 0 Å². The Morgan fingerprint density at radius 1 is 0.750 bits per heavy atom. The summed E-state index contributed by atoms with van der Waals surface area (Å²) in [6, 6.07) is 0. The number of carbonyl (C=O) groups is 2. The van der Waals surface area contributed by atoms with E-state index in [1.165, 1.54) is 11.1 Å². The van der Waals surface area contributed by atoms with E-state index in [0.717, 1.165) is 73.6 Å². The molecule has 2 aliphatic carbocycles. The van der Waals surface area contributed by atoms with Crippen molar-refractivity contribution in [3.63, 3.8) is 0 Å². The predicted molar refractivity (Wildman–Crippen MR) is 98.0 cm³/mol. The van der Waals surface area contributed by atoms with Gasteiger partial charge in [-0.05, 0) is 61.8 Å². The van der Waals surface area contributed by atoms with E-state index >= 15 is 0 Å². The first-order valence-corrected chi connectivity index (χ1v) is 9.74. The summed E-state index contributed by atoms with van der Waals surface area (Å²) in [5.41, 5.74) is 6.53. The molecule has 0 saturated heterocycles. The lowest BCUT2D eigenvalue weighted by Gasteiger charge is -2.13. The Bertz CT molecular complexity index is 624. The van der Waals surface area contributed by atoms with Gasteiger partial charge in [0.25, 0.3) is 0 Å². The van der Waals surface area contributed by atoms with Gasteiger partial charge in [-0.25, -0.2) is 0 Å². The Hall–Kier alpha value is -1.44. The Kier molecular flexibility index (Phi) is 4.94. The van der Waals surface area contributed by atoms with Crippen molar-refractivity contribution in [3.8, 4) is 0 Å². The maximum absolute atomic E-state index is 12.9. The van der Waals surface area contributed by atoms with Crippen molar-refractivity contribution in [2.45, 2.75) is 79.1 Å². The number of unbranched alkanes of at least 4 members (excludes halogenated alkanes) is 2. The molecule has 0 bridgehead atoms. The van der Waals surface area contributed by atoms with Crippen LogP contribution in [0.3, 0.4) is 0 Å². The minimum absolute atomic E-state index is 0.144. The SMILES string of the molecule is CCCCC1Cc2c(C)c3c(c(C)c2C1=O)CC(CCCC)C3=O. The van der Waals surface area contributed by atoms with Gasteiger partial charge in [-0.15, -0.1) is 0 Å². The van der Waals surface area contributed by atoms with Crippen LogP contribution in [0.1, 0.15) is 95.3 Å². The highest BCUT2D eigenvalue weighted by atomic mass is 16.1. The third-order valence-corrected chi connectivity index (χ3v) is 6.21. The van der Waals surface area contributed by atoms with Crippen LogP contribution in [0.25, 0.3) is 0 Å². The molecule has 0 N–H and O–H groups in total. The number of benzene rings is 1. The van der Waals surface area contributed by atoms with Gasteiger partial charge in [0.05, 0.1) is 0 Å². The summed E-state index contributed by atoms with van der Waals surface area (Å²) in [4.78, 5) is 25.9. The van der Waals surface area contributed by atoms with E-state index < -0.39 is 0 Å². The fourth-order valence-corrected chi connectivity index (χ4v) is 4.76. The first kappa shape index (κ1) is 17.4. The van der Waals surface area contributed by atoms with Crippen LogP contribution >= 0.6 is 0 Å². The molecular weight excluding hydrogens is 296 g/mol. The summed E-state index contributed by atoms with van der Waals surface area (Å²) in [6.45, 7) is 8.50. The number of fused-ring (bicyclic) bond motifs is 2. The lowest BCUT2D eigenvalue weighted by Crippen LogP contribution is -2.10. The second kappa shape index (κ2) is 6.82. The van der Waals surface area contributed by atoms with Crippen molar-refractivity contribution in [2.75, 3.05) is 0 Å². The number of hydrogen-bond donors (Lipinski definition) is 0. The predicted octanol–water partition coefficient (Wildman–Crippen LogP) is 5.39. The van der Waals surface area contributed by atoms with Crippen LogP contribution in [0.2, 0.25) is 0 Å². The molecule has 0 aliphatic heterocycles. The smallest absolute Gasteiger partial charge is 0.166 e. The third-order valence-electron chi connectivity index (χ3n) is 6.21. The highest BCUT2D eigenvalue weighted by molar-refractivity contribution is 6.09. The van der Waals surface area contributed by atoms with Crippen molar-refractivity contribution >= 4 is 11.6 Å². The lowest BCUT2D eigenvalue weighted by atomic mass is 9.90. The lowest BCUT2D eigenvalue weighted by molar-refractivity contribution is 0.0922. The molecule has 0 saturated carbocycles. The van der Waals surface area contributed by atoms with Crippen LogP contribution in [0.5, 0.6) is 0 Å². The van der Waals surface area contributed by atoms with E-state index in [1.807, 2.05) is 0 Å². The molecule has 3 rings (SSSR count). The molecule has 130 valence electrons. The summed E-state index contributed by atoms with van der Waals surface area (Å²) in [5.74, 6) is 0.967. The van der Waals surface area contributed by atoms with Gasteiger partial charge in [0.2, 0.25) is 0 Å². The molecular formula is C22H30O2. The van der Waals surface area contributed by atoms with Crippen LogP contribution in [0.15, 0.2) is 0 Å². The van der Waals surface area contributed by atoms with Gasteiger partial charge in [0.1, 0.15) is 0 Å². The number of hydrogen-bond acceptors (Lipinski definition) is 2. The minimum atomic E-state index is 0.144. The summed E-state index contributed by atoms with van der Waals surface area (Å²) in [6.07, 6.45) is 8.15. The van der Waals surface area contributed by atoms with E-state index in [0.29, 0.717) is 11.6 Å². The third kappa shape index (κ3) is 2.64. The summed E-state index contributed by atoms with van der Waals surface area (Å²) in [7, 11) is 0. The highest BCUT2D eigenvalue weighted by Gasteiger charge is 2.40. The fourth-order valence-electron chi connectivity index (χ4n) is 4.76. The van der Waals surface area contributed by atoms with Crippen molar-refractivity contribution in [3.05, 3.63) is 33.4 Å². The maximum Gasteiger partial charge on any atom is 0.166 e. The number of Topliss-reactive ketones (excluding diaryl/α,β-unsaturated/α-hetero) is 2. The van der Waals surface area contributed by atoms with Gasteiger partial charge in [-0.1, -0.05) is 39.5 Å². The number of ketones is 2. The molecule has 2 aliphatic rings. The first-order chi connectivity index (χ1) is 11.5. The average molecular weight is 326 g/mol. The quantitative estimate of drug-likeness (QED) is 0.702. The van der Waals surface area contributed by atoms with Crippen LogP contribution in [-0.4, -0.2) is 11.6 Å². The van der Waals surface area contributed by atoms with Gasteiger partial charge in [0, 0.05) is 23.0 Å². The largest absolute Gasteiger partial charge is 0.294 e. The van der Waals surface area contributed by atoms with Crippen molar-refractivity contribution in [1.29, 1.82) is 0 Å². The topological polar surface area (TPSA) is 34.1 Å². The zero-order valence-corrected chi connectivity index (χ0v) is 15.6. The zero-order valence-electron chi connectivity index (χ0n) is 15.6. The van der Waals surface area contributed by atoms with Crippen molar-refractivity contribution in [2.24, 2.45) is 11.8 Å². The summed E-state index contributed by atoms with van der Waals surface area (Å²) in [5, 5.41) is 0. The second-order valence-corrected chi connectivity index (χ2v) is 7.77. The summed E-state index contributed by atoms with van der Waals surface area (Å²) < 4.78 is 0. The molecule has 1 aromatic rings. The van der Waals surface area contributed by atoms with Crippen molar-refractivity contribution < 1.29 is 9.59 Å². The van der Waals surface area contributed by atoms with E-state index in [2.05, 4.69) is 27.7 Å². The molecule has 0 radical (unpaired) electrons. The fraction of sp³-hybridized carbons (Fsp3) is 0.636. The van der Waals surface area contributed by atoms with Crippen LogP contribution < -0.4 is 0 Å². The molecule has 1 aromatic carbocycles. The average Bonchev–Trinajstić information content (AvgIpc) is 3.07. The van der Waals surface area contributed by atoms with Gasteiger partial charge in [-0.3, -0.25) is 9.59 Å². The van der Waals surface area contributed by atoms with Crippen molar-refractivity contribution in [1.82, 2.24) is 0 Å². The highest BCUT2D eigenvalue weighted by Crippen LogP contribution is 2.42. The Morgan fingerprint density at radius 3 is 1.46 bits per heavy atom. The minimum Gasteiger partial charge on any atom is -0.294 e. The van der Waals surface area contributed by atoms with Gasteiger partial charge >= 0.3 is 0 Å². The second-order valence-electron chi connectivity index (χ2n) is 7.77. The molecule has 0 spiro atoms. The molecule has 0 heterocycles. The van der Waals surface area contributed by atoms with Gasteiger partial charge < -0.3 is 0 Å². The van der Waals surface area contributed by atoms with E-state index in [-0.39, 0.29) is 11.8 Å². The number of rotatable bonds is 6. The van der Waals surface area contributed by atoms with Gasteiger partial charge in [0.15, 0.2) is 11.6 Å². The van der Waals surface area contributed by atoms with E-state index in [9.17, 15) is 9.59 Å². The Morgan fingerprint density at radius 2 is 1.12 bits per heavy atom. The molecule has 2 heteroatoms. The molecule has 24 heavy (non-hydrogen) atoms. The zero-order chi connectivity index (χ0) is 17.4. The standard InChI is InChI=1S/C22H30O2/c1-5-7-9-15-11-17-13(3)20-18(14(4)19(17)21(15)23)12-16(22(20)24)10-8-6-2/h15-16H,5-12H2,1-4H3. The molecule has 2 nitrogen and oxygen atoms in total. The molecule has 2 unspecified atom stereocenters. The molecule has 0 fully saturated rings. The first-order valence-electron chi connectivity index (χ1n) is 9.74. The molecule has 0 amide bonds. The van der Waals surface area contributed by atoms with E-state index in [4.69, 9.17) is 0 Å². The van der Waals surface area contributed by atoms with Crippen LogP contribution in [-0.2, 0) is 12.8 Å². The normalized spacial score (nSPS) is 22.2. The van der Waals surface area contributed by atoms with Gasteiger partial charge in [-0.2, -0.15) is 0 Å². The van der Waals surface area contributed by atoms with Crippen LogP contribution in [0.4, 0.5) is 0 Å². The monoisotopic (exact) mass is 326 g/mol. The summed E-state index contributed by atoms with van der Waals surface area (Å²) >= 11 is 0. The Balaban J connectivity index is 1.98. The molecule has 0 aromatic heterocycles. The maximum atomic E-state index is 12.9.